The molecule has 0 spiro atoms. The summed E-state index contributed by atoms with van der Waals surface area (Å²) in [7, 11) is 0. The lowest BCUT2D eigenvalue weighted by atomic mass is 10.1. The van der Waals surface area contributed by atoms with E-state index in [4.69, 9.17) is 23.2 Å². The minimum absolute atomic E-state index is 0.0124. The molecule has 1 aromatic heterocycles. The fraction of sp³-hybridized carbons (Fsp3) is 0.294. The molecule has 1 saturated heterocycles. The normalized spacial score (nSPS) is 17.9. The number of halogens is 2. The van der Waals surface area contributed by atoms with Gasteiger partial charge in [0.15, 0.2) is 12.4 Å². The average molecular weight is 366 g/mol. The van der Waals surface area contributed by atoms with Gasteiger partial charge < -0.3 is 15.0 Å². The summed E-state index contributed by atoms with van der Waals surface area (Å²) in [5.41, 5.74) is 1.27. The largest absolute Gasteiger partial charge is 0.619 e. The second-order valence-electron chi connectivity index (χ2n) is 5.84. The zero-order chi connectivity index (χ0) is 17.3. The SMILES string of the molecule is CC1CN(c2cc(Cl)ccc2Cl)CCN1C(=O)c1ccc[n+]([O-])c1. The van der Waals surface area contributed by atoms with Gasteiger partial charge in [0, 0.05) is 36.8 Å². The molecular formula is C17H17Cl2N3O2. The van der Waals surface area contributed by atoms with Crippen molar-refractivity contribution in [3.05, 3.63) is 63.5 Å². The third-order valence-electron chi connectivity index (χ3n) is 4.16. The number of anilines is 1. The first-order valence-corrected chi connectivity index (χ1v) is 8.41. The second kappa shape index (κ2) is 6.87. The molecule has 0 saturated carbocycles. The van der Waals surface area contributed by atoms with Gasteiger partial charge in [-0.3, -0.25) is 4.79 Å². The van der Waals surface area contributed by atoms with E-state index in [1.54, 1.807) is 29.2 Å². The zero-order valence-corrected chi connectivity index (χ0v) is 14.7. The van der Waals surface area contributed by atoms with Crippen molar-refractivity contribution in [3.63, 3.8) is 0 Å². The van der Waals surface area contributed by atoms with Gasteiger partial charge in [0.05, 0.1) is 10.7 Å². The molecule has 0 radical (unpaired) electrons. The van der Waals surface area contributed by atoms with E-state index in [0.717, 1.165) is 5.69 Å². The van der Waals surface area contributed by atoms with Crippen molar-refractivity contribution in [2.24, 2.45) is 0 Å². The number of piperazine rings is 1. The molecule has 5 nitrogen and oxygen atoms in total. The molecule has 0 N–H and O–H groups in total. The summed E-state index contributed by atoms with van der Waals surface area (Å²) in [6.45, 7) is 3.84. The van der Waals surface area contributed by atoms with Crippen LogP contribution in [-0.4, -0.2) is 36.5 Å². The van der Waals surface area contributed by atoms with Crippen LogP contribution < -0.4 is 9.63 Å². The molecule has 1 aliphatic rings. The Hall–Kier alpha value is -1.98. The number of hydrogen-bond acceptors (Lipinski definition) is 3. The van der Waals surface area contributed by atoms with E-state index in [9.17, 15) is 10.0 Å². The Bertz CT molecular complexity index is 769. The van der Waals surface area contributed by atoms with Crippen LogP contribution in [0, 0.1) is 5.21 Å². The van der Waals surface area contributed by atoms with Crippen LogP contribution in [0.4, 0.5) is 5.69 Å². The molecule has 2 aromatic rings. The summed E-state index contributed by atoms with van der Waals surface area (Å²) in [6, 6.07) is 8.59. The molecule has 1 amide bonds. The van der Waals surface area contributed by atoms with Gasteiger partial charge in [-0.05, 0) is 31.2 Å². The van der Waals surface area contributed by atoms with Gasteiger partial charge in [-0.25, -0.2) is 0 Å². The van der Waals surface area contributed by atoms with Crippen molar-refractivity contribution in [1.82, 2.24) is 4.90 Å². The van der Waals surface area contributed by atoms with Crippen LogP contribution in [0.5, 0.6) is 0 Å². The molecule has 126 valence electrons. The maximum Gasteiger partial charge on any atom is 0.260 e. The summed E-state index contributed by atoms with van der Waals surface area (Å²) in [5, 5.41) is 12.6. The predicted octanol–water partition coefficient (Wildman–Crippen LogP) is 2.98. The number of nitrogens with zero attached hydrogens (tertiary/aromatic N) is 3. The summed E-state index contributed by atoms with van der Waals surface area (Å²) in [4.78, 5) is 16.5. The van der Waals surface area contributed by atoms with Crippen LogP contribution in [0.2, 0.25) is 10.0 Å². The first kappa shape index (κ1) is 16.9. The Labute approximate surface area is 150 Å². The predicted molar refractivity (Wildman–Crippen MR) is 94.6 cm³/mol. The smallest absolute Gasteiger partial charge is 0.260 e. The minimum Gasteiger partial charge on any atom is -0.619 e. The fourth-order valence-corrected chi connectivity index (χ4v) is 3.36. The van der Waals surface area contributed by atoms with Gasteiger partial charge in [0.25, 0.3) is 5.91 Å². The first-order valence-electron chi connectivity index (χ1n) is 7.65. The van der Waals surface area contributed by atoms with E-state index < -0.39 is 0 Å². The monoisotopic (exact) mass is 365 g/mol. The summed E-state index contributed by atoms with van der Waals surface area (Å²) in [5.74, 6) is -0.135. The van der Waals surface area contributed by atoms with Gasteiger partial charge >= 0.3 is 0 Å². The first-order chi connectivity index (χ1) is 11.5. The minimum atomic E-state index is -0.135. The number of carbonyl (C=O) groups excluding carboxylic acids is 1. The molecule has 1 atom stereocenters. The topological polar surface area (TPSA) is 50.5 Å². The van der Waals surface area contributed by atoms with Crippen LogP contribution in [0.15, 0.2) is 42.7 Å². The number of pyridine rings is 1. The number of hydrogen-bond donors (Lipinski definition) is 0. The van der Waals surface area contributed by atoms with E-state index in [-0.39, 0.29) is 11.9 Å². The van der Waals surface area contributed by atoms with Crippen molar-refractivity contribution >= 4 is 34.8 Å². The van der Waals surface area contributed by atoms with Crippen LogP contribution in [0.25, 0.3) is 0 Å². The third-order valence-corrected chi connectivity index (χ3v) is 4.71. The van der Waals surface area contributed by atoms with Crippen molar-refractivity contribution in [1.29, 1.82) is 0 Å². The molecule has 1 aromatic carbocycles. The van der Waals surface area contributed by atoms with Crippen molar-refractivity contribution in [2.45, 2.75) is 13.0 Å². The highest BCUT2D eigenvalue weighted by atomic mass is 35.5. The highest BCUT2D eigenvalue weighted by Gasteiger charge is 2.29. The Morgan fingerprint density at radius 3 is 2.79 bits per heavy atom. The van der Waals surface area contributed by atoms with Crippen LogP contribution in [-0.2, 0) is 0 Å². The lowest BCUT2D eigenvalue weighted by Crippen LogP contribution is -2.54. The highest BCUT2D eigenvalue weighted by Crippen LogP contribution is 2.30. The molecule has 3 rings (SSSR count). The number of aromatic nitrogens is 1. The Morgan fingerprint density at radius 2 is 2.08 bits per heavy atom. The maximum absolute atomic E-state index is 12.6. The lowest BCUT2D eigenvalue weighted by Gasteiger charge is -2.41. The van der Waals surface area contributed by atoms with E-state index in [1.807, 2.05) is 13.0 Å². The molecule has 24 heavy (non-hydrogen) atoms. The quantitative estimate of drug-likeness (QED) is 0.607. The summed E-state index contributed by atoms with van der Waals surface area (Å²) >= 11 is 12.3. The number of carbonyl (C=O) groups is 1. The van der Waals surface area contributed by atoms with Crippen LogP contribution in [0.3, 0.4) is 0 Å². The second-order valence-corrected chi connectivity index (χ2v) is 6.69. The summed E-state index contributed by atoms with van der Waals surface area (Å²) < 4.78 is 0.639. The molecule has 2 heterocycles. The third kappa shape index (κ3) is 3.42. The molecule has 7 heteroatoms. The Morgan fingerprint density at radius 1 is 1.29 bits per heavy atom. The van der Waals surface area contributed by atoms with E-state index in [0.29, 0.717) is 40.0 Å². The summed E-state index contributed by atoms with van der Waals surface area (Å²) in [6.07, 6.45) is 2.66. The van der Waals surface area contributed by atoms with Crippen LogP contribution >= 0.6 is 23.2 Å². The average Bonchev–Trinajstić information content (AvgIpc) is 2.56. The number of rotatable bonds is 2. The fourth-order valence-electron chi connectivity index (χ4n) is 2.95. The van der Waals surface area contributed by atoms with Crippen LogP contribution in [0.1, 0.15) is 17.3 Å². The van der Waals surface area contributed by atoms with Gasteiger partial charge in [0.2, 0.25) is 0 Å². The van der Waals surface area contributed by atoms with Gasteiger partial charge in [-0.15, -0.1) is 0 Å². The van der Waals surface area contributed by atoms with E-state index in [1.165, 1.54) is 12.4 Å². The zero-order valence-electron chi connectivity index (χ0n) is 13.2. The van der Waals surface area contributed by atoms with Crippen molar-refractivity contribution in [2.75, 3.05) is 24.5 Å². The standard InChI is InChI=1S/C17H17Cl2N3O2/c1-12-10-20(16-9-14(18)4-5-15(16)19)7-8-22(12)17(23)13-3-2-6-21(24)11-13/h2-6,9,11-12H,7-8,10H2,1H3. The van der Waals surface area contributed by atoms with Gasteiger partial charge in [0.1, 0.15) is 5.56 Å². The van der Waals surface area contributed by atoms with Crippen molar-refractivity contribution < 1.29 is 9.52 Å². The number of benzene rings is 1. The Kier molecular flexibility index (Phi) is 4.83. The van der Waals surface area contributed by atoms with Gasteiger partial charge in [-0.2, -0.15) is 4.73 Å². The van der Waals surface area contributed by atoms with E-state index in [2.05, 4.69) is 4.90 Å². The maximum atomic E-state index is 12.6. The van der Waals surface area contributed by atoms with Gasteiger partial charge in [-0.1, -0.05) is 23.2 Å². The van der Waals surface area contributed by atoms with E-state index >= 15 is 0 Å². The molecule has 0 aliphatic carbocycles. The molecule has 1 aliphatic heterocycles. The molecule has 0 bridgehead atoms. The molecular weight excluding hydrogens is 349 g/mol. The molecule has 1 unspecified atom stereocenters. The Balaban J connectivity index is 1.76. The molecule has 1 fully saturated rings. The number of amides is 1. The lowest BCUT2D eigenvalue weighted by molar-refractivity contribution is -0.605. The highest BCUT2D eigenvalue weighted by molar-refractivity contribution is 6.35. The van der Waals surface area contributed by atoms with Crippen molar-refractivity contribution in [3.8, 4) is 0 Å².